The fourth-order valence-electron chi connectivity index (χ4n) is 3.56. The molecule has 156 valence electrons. The third-order valence-electron chi connectivity index (χ3n) is 4.98. The molecule has 32 heavy (non-hydrogen) atoms. The van der Waals surface area contributed by atoms with E-state index in [0.717, 1.165) is 11.2 Å². The summed E-state index contributed by atoms with van der Waals surface area (Å²) >= 11 is 0. The highest BCUT2D eigenvalue weighted by molar-refractivity contribution is 5.84. The van der Waals surface area contributed by atoms with Gasteiger partial charge in [-0.2, -0.15) is 19.7 Å². The molecule has 0 atom stereocenters. The Morgan fingerprint density at radius 1 is 0.969 bits per heavy atom. The molecule has 0 unspecified atom stereocenters. The minimum atomic E-state index is -0.426. The number of pyridine rings is 2. The first-order valence-electron chi connectivity index (χ1n) is 9.61. The van der Waals surface area contributed by atoms with Gasteiger partial charge in [-0.05, 0) is 24.3 Å². The molecular formula is C20H14FN11. The minimum absolute atomic E-state index is 0.0972. The molecule has 0 fully saturated rings. The van der Waals surface area contributed by atoms with Crippen LogP contribution in [-0.4, -0.2) is 48.9 Å². The Kier molecular flexibility index (Phi) is 3.90. The highest BCUT2D eigenvalue weighted by Crippen LogP contribution is 2.30. The lowest BCUT2D eigenvalue weighted by molar-refractivity contribution is 0.601. The van der Waals surface area contributed by atoms with Gasteiger partial charge in [0.1, 0.15) is 11.5 Å². The normalized spacial score (nSPS) is 11.5. The van der Waals surface area contributed by atoms with E-state index < -0.39 is 5.82 Å². The summed E-state index contributed by atoms with van der Waals surface area (Å²) in [5.41, 5.74) is 9.07. The highest BCUT2D eigenvalue weighted by atomic mass is 19.1. The fourth-order valence-corrected chi connectivity index (χ4v) is 3.56. The number of imidazole rings is 1. The van der Waals surface area contributed by atoms with Crippen molar-refractivity contribution in [1.29, 1.82) is 0 Å². The quantitative estimate of drug-likeness (QED) is 0.450. The summed E-state index contributed by atoms with van der Waals surface area (Å²) in [4.78, 5) is 18.9. The van der Waals surface area contributed by atoms with Crippen LogP contribution in [0, 0.1) is 5.82 Å². The maximum atomic E-state index is 14.1. The monoisotopic (exact) mass is 427 g/mol. The Morgan fingerprint density at radius 3 is 2.69 bits per heavy atom. The second kappa shape index (κ2) is 6.91. The summed E-state index contributed by atoms with van der Waals surface area (Å²) in [7, 11) is 0. The van der Waals surface area contributed by atoms with E-state index in [1.807, 2.05) is 28.9 Å². The van der Waals surface area contributed by atoms with Gasteiger partial charge in [-0.1, -0.05) is 0 Å². The largest absolute Gasteiger partial charge is 0.368 e. The summed E-state index contributed by atoms with van der Waals surface area (Å²) in [6, 6.07) is 6.66. The SMILES string of the molecule is Nc1nc(-n2nccn2)c(-c2ccc3nccn3c2)c2nc(Cc3ncccc3F)nn12. The molecule has 0 radical (unpaired) electrons. The minimum Gasteiger partial charge on any atom is -0.368 e. The van der Waals surface area contributed by atoms with E-state index in [-0.39, 0.29) is 18.1 Å². The molecule has 0 aliphatic carbocycles. The van der Waals surface area contributed by atoms with Gasteiger partial charge in [-0.3, -0.25) is 4.98 Å². The summed E-state index contributed by atoms with van der Waals surface area (Å²) in [5, 5.41) is 12.9. The molecule has 0 spiro atoms. The molecule has 0 aliphatic rings. The first kappa shape index (κ1) is 18.1. The van der Waals surface area contributed by atoms with Gasteiger partial charge in [-0.15, -0.1) is 9.90 Å². The van der Waals surface area contributed by atoms with Crippen molar-refractivity contribution < 1.29 is 4.39 Å². The van der Waals surface area contributed by atoms with Crippen LogP contribution in [0.5, 0.6) is 0 Å². The van der Waals surface area contributed by atoms with Gasteiger partial charge < -0.3 is 10.1 Å². The first-order valence-corrected chi connectivity index (χ1v) is 9.61. The van der Waals surface area contributed by atoms with Crippen LogP contribution in [0.25, 0.3) is 28.2 Å². The third-order valence-corrected chi connectivity index (χ3v) is 4.98. The number of hydrogen-bond donors (Lipinski definition) is 1. The molecule has 0 aromatic carbocycles. The van der Waals surface area contributed by atoms with Crippen molar-refractivity contribution in [2.24, 2.45) is 0 Å². The molecule has 6 aromatic rings. The molecule has 2 N–H and O–H groups in total. The first-order chi connectivity index (χ1) is 15.7. The van der Waals surface area contributed by atoms with E-state index in [1.165, 1.54) is 27.6 Å². The van der Waals surface area contributed by atoms with Gasteiger partial charge in [0.2, 0.25) is 5.95 Å². The topological polar surface area (TPSA) is 130 Å². The predicted molar refractivity (Wildman–Crippen MR) is 111 cm³/mol. The van der Waals surface area contributed by atoms with Crippen LogP contribution in [0.4, 0.5) is 10.3 Å². The number of anilines is 1. The number of nitrogens with two attached hydrogens (primary N) is 1. The maximum Gasteiger partial charge on any atom is 0.225 e. The van der Waals surface area contributed by atoms with Crippen LogP contribution in [0.3, 0.4) is 0 Å². The maximum absolute atomic E-state index is 14.1. The Bertz CT molecular complexity index is 1580. The van der Waals surface area contributed by atoms with Crippen molar-refractivity contribution in [3.05, 3.63) is 78.8 Å². The van der Waals surface area contributed by atoms with Crippen LogP contribution in [0.2, 0.25) is 0 Å². The number of halogens is 1. The van der Waals surface area contributed by atoms with Crippen molar-refractivity contribution in [2.45, 2.75) is 6.42 Å². The lowest BCUT2D eigenvalue weighted by atomic mass is 10.1. The lowest BCUT2D eigenvalue weighted by Crippen LogP contribution is -2.11. The van der Waals surface area contributed by atoms with Crippen molar-refractivity contribution >= 4 is 17.2 Å². The zero-order valence-corrected chi connectivity index (χ0v) is 16.4. The van der Waals surface area contributed by atoms with E-state index in [9.17, 15) is 4.39 Å². The Labute approximate surface area is 179 Å². The van der Waals surface area contributed by atoms with Crippen LogP contribution in [0.1, 0.15) is 11.5 Å². The molecule has 11 nitrogen and oxygen atoms in total. The van der Waals surface area contributed by atoms with Gasteiger partial charge in [-0.25, -0.2) is 14.4 Å². The number of aromatic nitrogens is 10. The summed E-state index contributed by atoms with van der Waals surface area (Å²) < 4.78 is 17.4. The van der Waals surface area contributed by atoms with Crippen molar-refractivity contribution in [2.75, 3.05) is 5.73 Å². The van der Waals surface area contributed by atoms with E-state index in [4.69, 9.17) is 5.73 Å². The van der Waals surface area contributed by atoms with Crippen LogP contribution in [0.15, 0.2) is 61.4 Å². The van der Waals surface area contributed by atoms with Gasteiger partial charge >= 0.3 is 0 Å². The molecule has 0 saturated carbocycles. The van der Waals surface area contributed by atoms with E-state index in [2.05, 4.69) is 35.2 Å². The van der Waals surface area contributed by atoms with Gasteiger partial charge in [0.25, 0.3) is 0 Å². The molecule has 0 bridgehead atoms. The van der Waals surface area contributed by atoms with Crippen LogP contribution >= 0.6 is 0 Å². The second-order valence-electron chi connectivity index (χ2n) is 6.97. The Balaban J connectivity index is 1.60. The molecule has 0 saturated heterocycles. The van der Waals surface area contributed by atoms with Gasteiger partial charge in [0.15, 0.2) is 17.3 Å². The van der Waals surface area contributed by atoms with E-state index >= 15 is 0 Å². The number of nitrogens with zero attached hydrogens (tertiary/aromatic N) is 10. The molecule has 6 aromatic heterocycles. The summed E-state index contributed by atoms with van der Waals surface area (Å²) in [5.74, 6) is 0.415. The zero-order valence-electron chi connectivity index (χ0n) is 16.4. The van der Waals surface area contributed by atoms with Crippen molar-refractivity contribution in [3.63, 3.8) is 0 Å². The smallest absolute Gasteiger partial charge is 0.225 e. The number of fused-ring (bicyclic) bond motifs is 2. The third kappa shape index (κ3) is 2.85. The Morgan fingerprint density at radius 2 is 1.84 bits per heavy atom. The molecular weight excluding hydrogens is 413 g/mol. The number of nitrogen functional groups attached to an aromatic ring is 1. The molecule has 12 heteroatoms. The summed E-state index contributed by atoms with van der Waals surface area (Å²) in [6.07, 6.45) is 10.2. The van der Waals surface area contributed by atoms with Crippen molar-refractivity contribution in [1.82, 2.24) is 48.9 Å². The van der Waals surface area contributed by atoms with E-state index in [1.54, 1.807) is 18.6 Å². The molecule has 6 rings (SSSR count). The number of rotatable bonds is 4. The van der Waals surface area contributed by atoms with E-state index in [0.29, 0.717) is 22.9 Å². The van der Waals surface area contributed by atoms with Crippen LogP contribution in [-0.2, 0) is 6.42 Å². The second-order valence-corrected chi connectivity index (χ2v) is 6.97. The molecule has 6 heterocycles. The summed E-state index contributed by atoms with van der Waals surface area (Å²) in [6.45, 7) is 0. The average Bonchev–Trinajstić information content (AvgIpc) is 3.55. The fraction of sp³-hybridized carbons (Fsp3) is 0.0500. The molecule has 0 amide bonds. The molecule has 0 aliphatic heterocycles. The zero-order chi connectivity index (χ0) is 21.7. The Hall–Kier alpha value is -4.74. The lowest BCUT2D eigenvalue weighted by Gasteiger charge is -2.11. The average molecular weight is 427 g/mol. The number of hydrogen-bond acceptors (Lipinski definition) is 8. The van der Waals surface area contributed by atoms with Gasteiger partial charge in [0.05, 0.1) is 30.1 Å². The predicted octanol–water partition coefficient (Wildman–Crippen LogP) is 1.73. The van der Waals surface area contributed by atoms with Crippen LogP contribution < -0.4 is 5.73 Å². The van der Waals surface area contributed by atoms with Crippen molar-refractivity contribution in [3.8, 4) is 16.9 Å². The standard InChI is InChI=1S/C20H14FN11/c21-13-2-1-5-23-14(13)10-15-27-18-17(12-3-4-16-24-8-9-30(16)11-12)19(32-25-6-7-26-32)28-20(22)31(18)29-15/h1-9,11H,10H2,(H2,22,28). The highest BCUT2D eigenvalue weighted by Gasteiger charge is 2.22. The van der Waals surface area contributed by atoms with Gasteiger partial charge in [0, 0.05) is 30.4 Å².